The van der Waals surface area contributed by atoms with Gasteiger partial charge in [-0.1, -0.05) is 6.07 Å². The monoisotopic (exact) mass is 276 g/mol. The van der Waals surface area contributed by atoms with Gasteiger partial charge in [0.05, 0.1) is 12.1 Å². The number of H-pyrrole nitrogens is 1. The fraction of sp³-hybridized carbons (Fsp3) is 0.167. The fourth-order valence-corrected chi connectivity index (χ4v) is 3.30. The lowest BCUT2D eigenvalue weighted by Gasteiger charge is -2.08. The Kier molecular flexibility index (Phi) is 2.53. The van der Waals surface area contributed by atoms with Gasteiger partial charge in [0.1, 0.15) is 0 Å². The van der Waals surface area contributed by atoms with Crippen molar-refractivity contribution in [2.75, 3.05) is 0 Å². The minimum atomic E-state index is 0.0653. The number of aromatic nitrogens is 2. The zero-order valence-electron chi connectivity index (χ0n) is 12.1. The number of nitrogens with zero attached hydrogens (tertiary/aromatic N) is 1. The quantitative estimate of drug-likeness (QED) is 0.552. The van der Waals surface area contributed by atoms with E-state index in [1.807, 2.05) is 24.5 Å². The van der Waals surface area contributed by atoms with Gasteiger partial charge in [-0.2, -0.15) is 0 Å². The van der Waals surface area contributed by atoms with E-state index in [0.717, 1.165) is 11.1 Å². The lowest BCUT2D eigenvalue weighted by molar-refractivity contribution is 0.282. The summed E-state index contributed by atoms with van der Waals surface area (Å²) in [5.74, 6) is 0. The molecule has 0 spiro atoms. The molecule has 3 heteroatoms. The molecule has 4 aromatic rings. The predicted octanol–water partition coefficient (Wildman–Crippen LogP) is 3.98. The average Bonchev–Trinajstić information content (AvgIpc) is 2.91. The van der Waals surface area contributed by atoms with E-state index in [2.05, 4.69) is 35.9 Å². The van der Waals surface area contributed by atoms with Crippen molar-refractivity contribution < 1.29 is 5.11 Å². The van der Waals surface area contributed by atoms with Crippen LogP contribution >= 0.6 is 0 Å². The molecule has 0 aliphatic heterocycles. The number of hydrogen-bond donors (Lipinski definition) is 2. The summed E-state index contributed by atoms with van der Waals surface area (Å²) in [6.07, 6.45) is 3.78. The maximum Gasteiger partial charge on any atom is 0.0682 e. The van der Waals surface area contributed by atoms with Gasteiger partial charge in [0.2, 0.25) is 0 Å². The van der Waals surface area contributed by atoms with Gasteiger partial charge in [-0.15, -0.1) is 0 Å². The largest absolute Gasteiger partial charge is 0.392 e. The van der Waals surface area contributed by atoms with E-state index in [1.165, 1.54) is 38.2 Å². The van der Waals surface area contributed by atoms with Gasteiger partial charge in [-0.3, -0.25) is 4.98 Å². The molecule has 0 fully saturated rings. The second-order valence-electron chi connectivity index (χ2n) is 5.58. The Hall–Kier alpha value is -2.39. The van der Waals surface area contributed by atoms with Crippen LogP contribution in [0.5, 0.6) is 0 Å². The Morgan fingerprint density at radius 3 is 2.71 bits per heavy atom. The first-order chi connectivity index (χ1) is 10.2. The highest BCUT2D eigenvalue weighted by Gasteiger charge is 2.14. The van der Waals surface area contributed by atoms with Crippen LogP contribution in [0.15, 0.2) is 36.7 Å². The van der Waals surface area contributed by atoms with Crippen LogP contribution in [0, 0.1) is 13.8 Å². The van der Waals surface area contributed by atoms with Crippen LogP contribution in [-0.4, -0.2) is 15.1 Å². The number of nitrogens with one attached hydrogen (secondary N) is 1. The fourth-order valence-electron chi connectivity index (χ4n) is 3.30. The summed E-state index contributed by atoms with van der Waals surface area (Å²) in [4.78, 5) is 7.80. The van der Waals surface area contributed by atoms with Crippen molar-refractivity contribution in [1.82, 2.24) is 9.97 Å². The van der Waals surface area contributed by atoms with Crippen LogP contribution in [0.3, 0.4) is 0 Å². The second kappa shape index (κ2) is 4.30. The molecule has 2 aromatic carbocycles. The first-order valence-corrected chi connectivity index (χ1v) is 7.08. The maximum absolute atomic E-state index is 9.38. The number of rotatable bonds is 1. The third-order valence-corrected chi connectivity index (χ3v) is 4.42. The number of aliphatic hydroxyl groups excluding tert-OH is 1. The van der Waals surface area contributed by atoms with Gasteiger partial charge in [0, 0.05) is 34.1 Å². The molecule has 0 saturated heterocycles. The Balaban J connectivity index is 2.29. The van der Waals surface area contributed by atoms with Crippen LogP contribution in [-0.2, 0) is 6.61 Å². The number of fused-ring (bicyclic) bond motifs is 4. The molecule has 2 heterocycles. The van der Waals surface area contributed by atoms with Gasteiger partial charge < -0.3 is 10.1 Å². The summed E-state index contributed by atoms with van der Waals surface area (Å²) >= 11 is 0. The van der Waals surface area contributed by atoms with E-state index in [0.29, 0.717) is 0 Å². The molecule has 2 aromatic heterocycles. The molecule has 0 amide bonds. The standard InChI is InChI=1S/C18H16N2O/c1-10-15-8-19-6-5-13(15)11(2)18-17(10)14-7-12(9-21)3-4-16(14)20-18/h3-8,20-21H,9H2,1-2H3. The summed E-state index contributed by atoms with van der Waals surface area (Å²) in [5, 5.41) is 14.2. The topological polar surface area (TPSA) is 48.9 Å². The summed E-state index contributed by atoms with van der Waals surface area (Å²) in [6, 6.07) is 8.15. The third kappa shape index (κ3) is 1.61. The summed E-state index contributed by atoms with van der Waals surface area (Å²) in [7, 11) is 0. The first-order valence-electron chi connectivity index (χ1n) is 7.08. The van der Waals surface area contributed by atoms with Gasteiger partial charge in [0.15, 0.2) is 0 Å². The minimum absolute atomic E-state index is 0.0653. The molecule has 21 heavy (non-hydrogen) atoms. The van der Waals surface area contributed by atoms with E-state index in [9.17, 15) is 5.11 Å². The number of aliphatic hydroxyl groups is 1. The molecule has 0 bridgehead atoms. The van der Waals surface area contributed by atoms with Crippen LogP contribution in [0.25, 0.3) is 32.6 Å². The summed E-state index contributed by atoms with van der Waals surface area (Å²) < 4.78 is 0. The average molecular weight is 276 g/mol. The third-order valence-electron chi connectivity index (χ3n) is 4.42. The molecule has 3 nitrogen and oxygen atoms in total. The molecular weight excluding hydrogens is 260 g/mol. The maximum atomic E-state index is 9.38. The molecule has 2 N–H and O–H groups in total. The zero-order valence-corrected chi connectivity index (χ0v) is 12.1. The molecule has 0 saturated carbocycles. The van der Waals surface area contributed by atoms with Crippen molar-refractivity contribution in [1.29, 1.82) is 0 Å². The van der Waals surface area contributed by atoms with Crippen molar-refractivity contribution >= 4 is 32.6 Å². The molecule has 0 radical (unpaired) electrons. The van der Waals surface area contributed by atoms with E-state index in [1.54, 1.807) is 0 Å². The van der Waals surface area contributed by atoms with E-state index in [4.69, 9.17) is 0 Å². The van der Waals surface area contributed by atoms with Gasteiger partial charge in [-0.05, 0) is 54.1 Å². The highest BCUT2D eigenvalue weighted by atomic mass is 16.3. The smallest absolute Gasteiger partial charge is 0.0682 e. The van der Waals surface area contributed by atoms with Crippen molar-refractivity contribution in [2.45, 2.75) is 20.5 Å². The van der Waals surface area contributed by atoms with Crippen LogP contribution < -0.4 is 0 Å². The van der Waals surface area contributed by atoms with Crippen molar-refractivity contribution in [3.63, 3.8) is 0 Å². The van der Waals surface area contributed by atoms with Crippen molar-refractivity contribution in [2.24, 2.45) is 0 Å². The Bertz CT molecular complexity index is 999. The summed E-state index contributed by atoms with van der Waals surface area (Å²) in [5.41, 5.74) is 5.70. The normalized spacial score (nSPS) is 11.8. The molecular formula is C18H16N2O. The van der Waals surface area contributed by atoms with Crippen LogP contribution in [0.1, 0.15) is 16.7 Å². The number of benzene rings is 2. The van der Waals surface area contributed by atoms with Crippen molar-refractivity contribution in [3.05, 3.63) is 53.3 Å². The molecule has 0 unspecified atom stereocenters. The number of aromatic amines is 1. The Morgan fingerprint density at radius 1 is 1.05 bits per heavy atom. The Labute approximate surface area is 122 Å². The van der Waals surface area contributed by atoms with E-state index < -0.39 is 0 Å². The SMILES string of the molecule is Cc1c2ccncc2c(C)c2c1[nH]c1ccc(CO)cc12. The highest BCUT2D eigenvalue weighted by molar-refractivity contribution is 6.16. The molecule has 4 rings (SSSR count). The van der Waals surface area contributed by atoms with Gasteiger partial charge >= 0.3 is 0 Å². The first kappa shape index (κ1) is 12.4. The zero-order chi connectivity index (χ0) is 14.6. The van der Waals surface area contributed by atoms with Gasteiger partial charge in [0.25, 0.3) is 0 Å². The van der Waals surface area contributed by atoms with E-state index >= 15 is 0 Å². The molecule has 0 atom stereocenters. The van der Waals surface area contributed by atoms with Crippen LogP contribution in [0.2, 0.25) is 0 Å². The number of hydrogen-bond acceptors (Lipinski definition) is 2. The minimum Gasteiger partial charge on any atom is -0.392 e. The predicted molar refractivity (Wildman–Crippen MR) is 86.5 cm³/mol. The second-order valence-corrected chi connectivity index (χ2v) is 5.58. The lowest BCUT2D eigenvalue weighted by Crippen LogP contribution is -1.87. The molecule has 0 aliphatic carbocycles. The van der Waals surface area contributed by atoms with E-state index in [-0.39, 0.29) is 6.61 Å². The van der Waals surface area contributed by atoms with Crippen molar-refractivity contribution in [3.8, 4) is 0 Å². The molecule has 104 valence electrons. The number of pyridine rings is 1. The Morgan fingerprint density at radius 2 is 1.90 bits per heavy atom. The highest BCUT2D eigenvalue weighted by Crippen LogP contribution is 2.36. The number of aryl methyl sites for hydroxylation is 2. The summed E-state index contributed by atoms with van der Waals surface area (Å²) in [6.45, 7) is 4.35. The van der Waals surface area contributed by atoms with Gasteiger partial charge in [-0.25, -0.2) is 0 Å². The lowest BCUT2D eigenvalue weighted by atomic mass is 9.97. The molecule has 0 aliphatic rings. The van der Waals surface area contributed by atoms with Crippen LogP contribution in [0.4, 0.5) is 0 Å².